The van der Waals surface area contributed by atoms with Gasteiger partial charge in [-0.3, -0.25) is 4.79 Å². The third-order valence-electron chi connectivity index (χ3n) is 2.67. The third-order valence-corrected chi connectivity index (χ3v) is 2.67. The minimum Gasteiger partial charge on any atom is -0.361 e. The number of rotatable bonds is 7. The van der Waals surface area contributed by atoms with Crippen molar-refractivity contribution < 1.29 is 4.79 Å². The molecule has 7 nitrogen and oxygen atoms in total. The van der Waals surface area contributed by atoms with Gasteiger partial charge in [0.25, 0.3) is 0 Å². The highest BCUT2D eigenvalue weighted by molar-refractivity contribution is 5.81. The van der Waals surface area contributed by atoms with Crippen molar-refractivity contribution in [1.29, 1.82) is 0 Å². The second-order valence-corrected chi connectivity index (χ2v) is 4.93. The van der Waals surface area contributed by atoms with Crippen LogP contribution in [-0.2, 0) is 11.2 Å². The Balaban J connectivity index is 2.82. The van der Waals surface area contributed by atoms with Gasteiger partial charge in [-0.25, -0.2) is 15.8 Å². The molecular weight excluding hydrogens is 256 g/mol. The lowest BCUT2D eigenvalue weighted by molar-refractivity contribution is -0.119. The van der Waals surface area contributed by atoms with Gasteiger partial charge in [0.05, 0.1) is 6.54 Å². The maximum atomic E-state index is 11.6. The second kappa shape index (κ2) is 7.64. The van der Waals surface area contributed by atoms with E-state index < -0.39 is 0 Å². The van der Waals surface area contributed by atoms with Crippen molar-refractivity contribution in [2.75, 3.05) is 17.3 Å². The average Bonchev–Trinajstić information content (AvgIpc) is 2.38. The monoisotopic (exact) mass is 280 g/mol. The summed E-state index contributed by atoms with van der Waals surface area (Å²) in [5.74, 6) is 7.31. The molecule has 0 aliphatic carbocycles. The molecule has 112 valence electrons. The fourth-order valence-corrected chi connectivity index (χ4v) is 1.75. The lowest BCUT2D eigenvalue weighted by atomic mass is 10.2. The highest BCUT2D eigenvalue weighted by atomic mass is 16.1. The molecule has 1 heterocycles. The molecule has 0 bridgehead atoms. The molecule has 5 N–H and O–H groups in total. The Labute approximate surface area is 119 Å². The van der Waals surface area contributed by atoms with Crippen LogP contribution >= 0.6 is 0 Å². The van der Waals surface area contributed by atoms with Crippen molar-refractivity contribution in [3.8, 4) is 0 Å². The van der Waals surface area contributed by atoms with Gasteiger partial charge in [0, 0.05) is 18.0 Å². The number of carbonyl (C=O) groups excluding carboxylic acids is 1. The van der Waals surface area contributed by atoms with Crippen LogP contribution in [0.25, 0.3) is 0 Å². The number of amides is 1. The Morgan fingerprint density at radius 2 is 1.95 bits per heavy atom. The van der Waals surface area contributed by atoms with E-state index in [2.05, 4.69) is 33.0 Å². The van der Waals surface area contributed by atoms with Crippen LogP contribution in [-0.4, -0.2) is 28.5 Å². The van der Waals surface area contributed by atoms with E-state index in [1.54, 1.807) is 0 Å². The minimum absolute atomic E-state index is 0.0719. The summed E-state index contributed by atoms with van der Waals surface area (Å²) in [6, 6.07) is 0.118. The van der Waals surface area contributed by atoms with Crippen LogP contribution in [0.5, 0.6) is 0 Å². The third kappa shape index (κ3) is 4.65. The number of nitrogens with two attached hydrogens (primary N) is 1. The van der Waals surface area contributed by atoms with Crippen LogP contribution < -0.4 is 21.9 Å². The maximum absolute atomic E-state index is 11.6. The van der Waals surface area contributed by atoms with Crippen LogP contribution in [0.1, 0.15) is 38.6 Å². The normalized spacial score (nSPS) is 10.5. The zero-order valence-electron chi connectivity index (χ0n) is 12.6. The van der Waals surface area contributed by atoms with Crippen molar-refractivity contribution >= 4 is 17.5 Å². The smallest absolute Gasteiger partial charge is 0.239 e. The highest BCUT2D eigenvalue weighted by Gasteiger charge is 2.11. The predicted molar refractivity (Wildman–Crippen MR) is 80.3 cm³/mol. The zero-order valence-corrected chi connectivity index (χ0v) is 12.6. The number of anilines is 2. The number of nitrogens with one attached hydrogen (secondary N) is 3. The van der Waals surface area contributed by atoms with E-state index in [-0.39, 0.29) is 18.5 Å². The van der Waals surface area contributed by atoms with Gasteiger partial charge in [-0.1, -0.05) is 6.92 Å². The molecule has 0 aromatic carbocycles. The van der Waals surface area contributed by atoms with Crippen molar-refractivity contribution in [3.05, 3.63) is 11.4 Å². The SMILES string of the molecule is CCCc1nc(NN)c(C)c(NCC(=O)NC(C)C)n1. The molecule has 1 rings (SSSR count). The van der Waals surface area contributed by atoms with Gasteiger partial charge < -0.3 is 16.1 Å². The molecule has 0 saturated heterocycles. The van der Waals surface area contributed by atoms with Gasteiger partial charge in [-0.05, 0) is 27.2 Å². The summed E-state index contributed by atoms with van der Waals surface area (Å²) in [5.41, 5.74) is 3.36. The summed E-state index contributed by atoms with van der Waals surface area (Å²) in [6.07, 6.45) is 1.71. The van der Waals surface area contributed by atoms with Gasteiger partial charge in [0.2, 0.25) is 5.91 Å². The van der Waals surface area contributed by atoms with E-state index >= 15 is 0 Å². The summed E-state index contributed by atoms with van der Waals surface area (Å²) >= 11 is 0. The molecule has 0 fully saturated rings. The van der Waals surface area contributed by atoms with E-state index in [0.717, 1.165) is 18.4 Å². The van der Waals surface area contributed by atoms with Crippen LogP contribution in [0.15, 0.2) is 0 Å². The first-order valence-corrected chi connectivity index (χ1v) is 6.85. The Hall–Kier alpha value is -1.89. The number of aromatic nitrogens is 2. The van der Waals surface area contributed by atoms with Gasteiger partial charge in [0.1, 0.15) is 17.5 Å². The molecule has 7 heteroatoms. The molecular formula is C13H24N6O. The van der Waals surface area contributed by atoms with Crippen molar-refractivity contribution in [3.63, 3.8) is 0 Å². The van der Waals surface area contributed by atoms with Crippen LogP contribution in [0.4, 0.5) is 11.6 Å². The first kappa shape index (κ1) is 16.2. The molecule has 0 saturated carbocycles. The van der Waals surface area contributed by atoms with Crippen LogP contribution in [0.3, 0.4) is 0 Å². The molecule has 1 amide bonds. The first-order valence-electron chi connectivity index (χ1n) is 6.85. The quantitative estimate of drug-likeness (QED) is 0.438. The Kier molecular flexibility index (Phi) is 6.17. The van der Waals surface area contributed by atoms with Crippen molar-refractivity contribution in [1.82, 2.24) is 15.3 Å². The van der Waals surface area contributed by atoms with Crippen LogP contribution in [0.2, 0.25) is 0 Å². The molecule has 0 aliphatic heterocycles. The standard InChI is InChI=1S/C13H24N6O/c1-5-6-10-17-12(9(4)13(18-10)19-14)15-7-11(20)16-8(2)3/h8H,5-7,14H2,1-4H3,(H,16,20)(H2,15,17,18,19). The van der Waals surface area contributed by atoms with E-state index in [4.69, 9.17) is 5.84 Å². The van der Waals surface area contributed by atoms with E-state index in [1.165, 1.54) is 0 Å². The van der Waals surface area contributed by atoms with Gasteiger partial charge in [-0.2, -0.15) is 0 Å². The Morgan fingerprint density at radius 3 is 2.50 bits per heavy atom. The number of nitrogen functional groups attached to an aromatic ring is 1. The second-order valence-electron chi connectivity index (χ2n) is 4.93. The summed E-state index contributed by atoms with van der Waals surface area (Å²) in [4.78, 5) is 20.4. The molecule has 0 spiro atoms. The summed E-state index contributed by atoms with van der Waals surface area (Å²) in [7, 11) is 0. The number of hydrazine groups is 1. The minimum atomic E-state index is -0.0719. The molecule has 0 unspecified atom stereocenters. The molecule has 0 radical (unpaired) electrons. The largest absolute Gasteiger partial charge is 0.361 e. The Bertz CT molecular complexity index is 460. The highest BCUT2D eigenvalue weighted by Crippen LogP contribution is 2.19. The number of hydrogen-bond acceptors (Lipinski definition) is 6. The Morgan fingerprint density at radius 1 is 1.30 bits per heavy atom. The molecule has 20 heavy (non-hydrogen) atoms. The molecule has 0 aliphatic rings. The number of hydrogen-bond donors (Lipinski definition) is 4. The summed E-state index contributed by atoms with van der Waals surface area (Å²) in [5, 5.41) is 5.85. The summed E-state index contributed by atoms with van der Waals surface area (Å²) < 4.78 is 0. The lowest BCUT2D eigenvalue weighted by Crippen LogP contribution is -2.35. The maximum Gasteiger partial charge on any atom is 0.239 e. The number of carbonyl (C=O) groups is 1. The van der Waals surface area contributed by atoms with Crippen molar-refractivity contribution in [2.45, 2.75) is 46.6 Å². The van der Waals surface area contributed by atoms with Gasteiger partial charge in [-0.15, -0.1) is 0 Å². The topological polar surface area (TPSA) is 105 Å². The average molecular weight is 280 g/mol. The molecule has 0 atom stereocenters. The predicted octanol–water partition coefficient (Wildman–Crippen LogP) is 0.960. The lowest BCUT2D eigenvalue weighted by Gasteiger charge is -2.14. The zero-order chi connectivity index (χ0) is 15.1. The van der Waals surface area contributed by atoms with E-state index in [1.807, 2.05) is 20.8 Å². The van der Waals surface area contributed by atoms with Crippen molar-refractivity contribution in [2.24, 2.45) is 5.84 Å². The molecule has 1 aromatic heterocycles. The fraction of sp³-hybridized carbons (Fsp3) is 0.615. The molecule has 1 aromatic rings. The first-order chi connectivity index (χ1) is 9.47. The fourth-order valence-electron chi connectivity index (χ4n) is 1.75. The van der Waals surface area contributed by atoms with Crippen LogP contribution in [0, 0.1) is 6.92 Å². The van der Waals surface area contributed by atoms with Gasteiger partial charge in [0.15, 0.2) is 0 Å². The van der Waals surface area contributed by atoms with Gasteiger partial charge >= 0.3 is 0 Å². The summed E-state index contributed by atoms with van der Waals surface area (Å²) in [6.45, 7) is 7.93. The number of aryl methyl sites for hydroxylation is 1. The number of nitrogens with zero attached hydrogens (tertiary/aromatic N) is 2. The van der Waals surface area contributed by atoms with E-state index in [0.29, 0.717) is 17.5 Å². The van der Waals surface area contributed by atoms with E-state index in [9.17, 15) is 4.79 Å².